The summed E-state index contributed by atoms with van der Waals surface area (Å²) in [5, 5.41) is 11.1. The molecule has 1 amide bonds. The van der Waals surface area contributed by atoms with E-state index in [9.17, 15) is 14.7 Å². The number of aliphatic hydroxyl groups excluding tert-OH is 1. The number of rotatable bonds is 5. The molecule has 1 aliphatic rings. The average Bonchev–Trinajstić information content (AvgIpc) is 3.09. The summed E-state index contributed by atoms with van der Waals surface area (Å²) in [4.78, 5) is 27.7. The largest absolute Gasteiger partial charge is 0.507 e. The summed E-state index contributed by atoms with van der Waals surface area (Å²) in [6, 6.07) is 20.4. The van der Waals surface area contributed by atoms with Gasteiger partial charge in [0, 0.05) is 11.3 Å². The molecule has 1 aliphatic heterocycles. The number of aryl methyl sites for hydroxylation is 1. The summed E-state index contributed by atoms with van der Waals surface area (Å²) in [6.07, 6.45) is 0. The van der Waals surface area contributed by atoms with Gasteiger partial charge in [-0.05, 0) is 36.8 Å². The minimum atomic E-state index is -0.835. The van der Waals surface area contributed by atoms with E-state index in [1.54, 1.807) is 54.6 Å². The van der Waals surface area contributed by atoms with Crippen LogP contribution in [0.4, 0.5) is 5.69 Å². The minimum absolute atomic E-state index is 0.0231. The fraction of sp³-hybridized carbons (Fsp3) is 0.154. The lowest BCUT2D eigenvalue weighted by Crippen LogP contribution is -2.29. The highest BCUT2D eigenvalue weighted by atomic mass is 16.5. The lowest BCUT2D eigenvalue weighted by molar-refractivity contribution is -0.132. The number of para-hydroxylation sites is 1. The van der Waals surface area contributed by atoms with Crippen LogP contribution in [-0.2, 0) is 9.59 Å². The molecule has 4 rings (SSSR count). The highest BCUT2D eigenvalue weighted by Crippen LogP contribution is 2.44. The topological polar surface area (TPSA) is 76.1 Å². The summed E-state index contributed by atoms with van der Waals surface area (Å²) in [6.45, 7) is 1.93. The van der Waals surface area contributed by atoms with Crippen molar-refractivity contribution in [1.82, 2.24) is 0 Å². The van der Waals surface area contributed by atoms with E-state index < -0.39 is 17.7 Å². The van der Waals surface area contributed by atoms with Crippen LogP contribution in [-0.4, -0.2) is 31.0 Å². The zero-order valence-corrected chi connectivity index (χ0v) is 18.0. The molecule has 0 spiro atoms. The summed E-state index contributed by atoms with van der Waals surface area (Å²) < 4.78 is 10.8. The van der Waals surface area contributed by atoms with Gasteiger partial charge in [-0.2, -0.15) is 0 Å². The molecular weight excluding hydrogens is 406 g/mol. The van der Waals surface area contributed by atoms with Crippen molar-refractivity contribution in [3.8, 4) is 11.5 Å². The van der Waals surface area contributed by atoms with Gasteiger partial charge >= 0.3 is 0 Å². The number of carbonyl (C=O) groups excluding carboxylic acids is 2. The predicted octanol–water partition coefficient (Wildman–Crippen LogP) is 4.64. The fourth-order valence-electron chi connectivity index (χ4n) is 3.89. The minimum Gasteiger partial charge on any atom is -0.507 e. The molecule has 6 heteroatoms. The van der Waals surface area contributed by atoms with Gasteiger partial charge in [0.25, 0.3) is 11.7 Å². The van der Waals surface area contributed by atoms with Gasteiger partial charge in [-0.15, -0.1) is 0 Å². The summed E-state index contributed by atoms with van der Waals surface area (Å²) >= 11 is 0. The molecule has 6 nitrogen and oxygen atoms in total. The zero-order chi connectivity index (χ0) is 22.8. The first kappa shape index (κ1) is 21.2. The molecular formula is C26H23NO5. The summed E-state index contributed by atoms with van der Waals surface area (Å²) in [5.74, 6) is -0.691. The first-order valence-corrected chi connectivity index (χ1v) is 10.1. The second kappa shape index (κ2) is 8.59. The zero-order valence-electron chi connectivity index (χ0n) is 18.0. The van der Waals surface area contributed by atoms with Crippen LogP contribution in [0, 0.1) is 6.92 Å². The van der Waals surface area contributed by atoms with E-state index in [0.29, 0.717) is 28.3 Å². The highest BCUT2D eigenvalue weighted by Gasteiger charge is 2.47. The van der Waals surface area contributed by atoms with Crippen LogP contribution in [0.5, 0.6) is 11.5 Å². The molecule has 32 heavy (non-hydrogen) atoms. The summed E-state index contributed by atoms with van der Waals surface area (Å²) in [5.41, 5.74) is 2.67. The number of Topliss-reactive ketones (excluding diaryl/α,β-unsaturated/α-hetero) is 1. The Morgan fingerprint density at radius 3 is 2.16 bits per heavy atom. The molecule has 1 fully saturated rings. The van der Waals surface area contributed by atoms with Gasteiger partial charge in [0.15, 0.2) is 11.5 Å². The van der Waals surface area contributed by atoms with E-state index in [0.717, 1.165) is 5.56 Å². The molecule has 1 N–H and O–H groups in total. The Kier molecular flexibility index (Phi) is 5.69. The van der Waals surface area contributed by atoms with Crippen LogP contribution >= 0.6 is 0 Å². The molecule has 0 unspecified atom stereocenters. The molecule has 1 saturated heterocycles. The van der Waals surface area contributed by atoms with Crippen molar-refractivity contribution in [1.29, 1.82) is 0 Å². The molecule has 3 aromatic carbocycles. The molecule has 1 atom stereocenters. The molecule has 0 bridgehead atoms. The van der Waals surface area contributed by atoms with Crippen molar-refractivity contribution in [3.63, 3.8) is 0 Å². The van der Waals surface area contributed by atoms with E-state index in [1.165, 1.54) is 19.1 Å². The van der Waals surface area contributed by atoms with Crippen molar-refractivity contribution in [2.45, 2.75) is 13.0 Å². The Bertz CT molecular complexity index is 1200. The third-order valence-corrected chi connectivity index (χ3v) is 5.53. The first-order valence-electron chi connectivity index (χ1n) is 10.1. The number of ether oxygens (including phenoxy) is 2. The quantitative estimate of drug-likeness (QED) is 0.363. The standard InChI is InChI=1S/C26H23NO5/c1-16-9-11-17(12-10-16)24(28)22-23(18-13-14-20(31-2)21(15-18)32-3)27(26(30)25(22)29)19-7-5-4-6-8-19/h4-15,23,28H,1-3H3/t23-/m0/s1. The molecule has 1 heterocycles. The van der Waals surface area contributed by atoms with Gasteiger partial charge < -0.3 is 14.6 Å². The Morgan fingerprint density at radius 1 is 0.875 bits per heavy atom. The van der Waals surface area contributed by atoms with Gasteiger partial charge in [-0.25, -0.2) is 0 Å². The van der Waals surface area contributed by atoms with Crippen molar-refractivity contribution in [2.24, 2.45) is 0 Å². The number of ketones is 1. The number of methoxy groups -OCH3 is 2. The van der Waals surface area contributed by atoms with Crippen LogP contribution in [0.1, 0.15) is 22.7 Å². The second-order valence-electron chi connectivity index (χ2n) is 7.49. The number of carbonyl (C=O) groups is 2. The molecule has 0 saturated carbocycles. The molecule has 3 aromatic rings. The molecule has 162 valence electrons. The van der Waals surface area contributed by atoms with Crippen LogP contribution in [0.25, 0.3) is 5.76 Å². The Labute approximate surface area is 186 Å². The predicted molar refractivity (Wildman–Crippen MR) is 122 cm³/mol. The molecule has 0 aromatic heterocycles. The number of nitrogens with zero attached hydrogens (tertiary/aromatic N) is 1. The van der Waals surface area contributed by atoms with Gasteiger partial charge in [0.2, 0.25) is 0 Å². The summed E-state index contributed by atoms with van der Waals surface area (Å²) in [7, 11) is 3.05. The van der Waals surface area contributed by atoms with Crippen molar-refractivity contribution in [3.05, 3.63) is 95.1 Å². The molecule has 0 radical (unpaired) electrons. The Hall–Kier alpha value is -4.06. The van der Waals surface area contributed by atoms with Crippen LogP contribution in [0.15, 0.2) is 78.4 Å². The third kappa shape index (κ3) is 3.60. The van der Waals surface area contributed by atoms with E-state index >= 15 is 0 Å². The maximum atomic E-state index is 13.2. The highest BCUT2D eigenvalue weighted by molar-refractivity contribution is 6.51. The smallest absolute Gasteiger partial charge is 0.300 e. The SMILES string of the molecule is COc1ccc([C@H]2C(=C(O)c3ccc(C)cc3)C(=O)C(=O)N2c2ccccc2)cc1OC. The van der Waals surface area contributed by atoms with Gasteiger partial charge in [-0.1, -0.05) is 54.1 Å². The maximum absolute atomic E-state index is 13.2. The van der Waals surface area contributed by atoms with E-state index in [2.05, 4.69) is 0 Å². The number of aliphatic hydroxyl groups is 1. The number of hydrogen-bond acceptors (Lipinski definition) is 5. The van der Waals surface area contributed by atoms with Gasteiger partial charge in [0.05, 0.1) is 25.8 Å². The van der Waals surface area contributed by atoms with Gasteiger partial charge in [0.1, 0.15) is 5.76 Å². The second-order valence-corrected chi connectivity index (χ2v) is 7.49. The number of hydrogen-bond donors (Lipinski definition) is 1. The van der Waals surface area contributed by atoms with Gasteiger partial charge in [-0.3, -0.25) is 14.5 Å². The molecule has 0 aliphatic carbocycles. The van der Waals surface area contributed by atoms with E-state index in [4.69, 9.17) is 9.47 Å². The number of amides is 1. The van der Waals surface area contributed by atoms with Crippen molar-refractivity contribution >= 4 is 23.1 Å². The van der Waals surface area contributed by atoms with Crippen LogP contribution in [0.3, 0.4) is 0 Å². The lowest BCUT2D eigenvalue weighted by atomic mass is 9.94. The van der Waals surface area contributed by atoms with Crippen LogP contribution in [0.2, 0.25) is 0 Å². The lowest BCUT2D eigenvalue weighted by Gasteiger charge is -2.26. The maximum Gasteiger partial charge on any atom is 0.300 e. The normalized spacial score (nSPS) is 17.5. The number of anilines is 1. The fourth-order valence-corrected chi connectivity index (χ4v) is 3.89. The van der Waals surface area contributed by atoms with E-state index in [-0.39, 0.29) is 11.3 Å². The van der Waals surface area contributed by atoms with E-state index in [1.807, 2.05) is 25.1 Å². The van der Waals surface area contributed by atoms with Crippen LogP contribution < -0.4 is 14.4 Å². The monoisotopic (exact) mass is 429 g/mol. The van der Waals surface area contributed by atoms with Crippen molar-refractivity contribution < 1.29 is 24.2 Å². The Morgan fingerprint density at radius 2 is 1.53 bits per heavy atom. The first-order chi connectivity index (χ1) is 15.5. The Balaban J connectivity index is 1.96. The third-order valence-electron chi connectivity index (χ3n) is 5.53. The number of benzene rings is 3. The van der Waals surface area contributed by atoms with Crippen molar-refractivity contribution in [2.75, 3.05) is 19.1 Å². The average molecular weight is 429 g/mol.